The molecule has 0 bridgehead atoms. The van der Waals surface area contributed by atoms with Crippen LogP contribution >= 0.6 is 0 Å². The van der Waals surface area contributed by atoms with Crippen LogP contribution in [0.3, 0.4) is 0 Å². The summed E-state index contributed by atoms with van der Waals surface area (Å²) in [5, 5.41) is 2.79. The molecule has 1 aliphatic rings. The van der Waals surface area contributed by atoms with Gasteiger partial charge in [-0.3, -0.25) is 23.5 Å². The second-order valence-corrected chi connectivity index (χ2v) is 8.98. The first-order valence-electron chi connectivity index (χ1n) is 10.2. The molecule has 3 aromatic carbocycles. The van der Waals surface area contributed by atoms with Gasteiger partial charge in [-0.05, 0) is 35.4 Å². The molecule has 32 heavy (non-hydrogen) atoms. The van der Waals surface area contributed by atoms with E-state index in [1.54, 1.807) is 42.5 Å². The summed E-state index contributed by atoms with van der Waals surface area (Å²) in [7, 11) is -1.07. The van der Waals surface area contributed by atoms with Gasteiger partial charge < -0.3 is 5.32 Å². The van der Waals surface area contributed by atoms with Crippen molar-refractivity contribution in [3.63, 3.8) is 0 Å². The lowest BCUT2D eigenvalue weighted by atomic mass is 10.1. The molecule has 0 fully saturated rings. The third-order valence-electron chi connectivity index (χ3n) is 5.15. The number of hydrogen-bond donors (Lipinski definition) is 1. The highest BCUT2D eigenvalue weighted by Crippen LogP contribution is 2.22. The molecule has 4 rings (SSSR count). The fourth-order valence-corrected chi connectivity index (χ4v) is 4.83. The number of carbonyl (C=O) groups excluding carboxylic acids is 3. The number of amides is 3. The normalized spacial score (nSPS) is 13.7. The van der Waals surface area contributed by atoms with Crippen molar-refractivity contribution in [2.24, 2.45) is 0 Å². The predicted molar refractivity (Wildman–Crippen MR) is 123 cm³/mol. The zero-order chi connectivity index (χ0) is 22.5. The highest BCUT2D eigenvalue weighted by atomic mass is 32.2. The summed E-state index contributed by atoms with van der Waals surface area (Å²) in [6.45, 7) is 0.0129. The number of anilines is 1. The van der Waals surface area contributed by atoms with Crippen molar-refractivity contribution in [2.75, 3.05) is 11.9 Å². The molecule has 6 nitrogen and oxygen atoms in total. The lowest BCUT2D eigenvalue weighted by Crippen LogP contribution is -2.32. The Bertz CT molecular complexity index is 1160. The van der Waals surface area contributed by atoms with Gasteiger partial charge >= 0.3 is 0 Å². The molecule has 0 aliphatic carbocycles. The lowest BCUT2D eigenvalue weighted by molar-refractivity contribution is -0.116. The van der Waals surface area contributed by atoms with E-state index in [0.717, 1.165) is 16.0 Å². The van der Waals surface area contributed by atoms with Gasteiger partial charge in [0, 0.05) is 41.0 Å². The highest BCUT2D eigenvalue weighted by Gasteiger charge is 2.34. The molecular formula is C25H22N2O4S. The molecule has 0 aromatic heterocycles. The van der Waals surface area contributed by atoms with E-state index >= 15 is 0 Å². The zero-order valence-electron chi connectivity index (χ0n) is 17.3. The lowest BCUT2D eigenvalue weighted by Gasteiger charge is -2.14. The smallest absolute Gasteiger partial charge is 0.261 e. The molecule has 0 radical (unpaired) electrons. The van der Waals surface area contributed by atoms with E-state index in [2.05, 4.69) is 5.32 Å². The fraction of sp³-hybridized carbons (Fsp3) is 0.160. The van der Waals surface area contributed by atoms with Crippen LogP contribution in [0.5, 0.6) is 0 Å². The van der Waals surface area contributed by atoms with E-state index in [0.29, 0.717) is 28.3 Å². The van der Waals surface area contributed by atoms with E-state index in [1.807, 2.05) is 36.4 Å². The molecular weight excluding hydrogens is 424 g/mol. The van der Waals surface area contributed by atoms with E-state index in [4.69, 9.17) is 0 Å². The van der Waals surface area contributed by atoms with Crippen molar-refractivity contribution in [3.8, 4) is 0 Å². The van der Waals surface area contributed by atoms with Crippen LogP contribution in [0.25, 0.3) is 0 Å². The summed E-state index contributed by atoms with van der Waals surface area (Å²) in [6.07, 6.45) is -0.00433. The third-order valence-corrected chi connectivity index (χ3v) is 6.46. The number of benzene rings is 3. The second kappa shape index (κ2) is 9.70. The Balaban J connectivity index is 1.31. The first kappa shape index (κ1) is 21.6. The number of nitrogens with zero attached hydrogens (tertiary/aromatic N) is 1. The van der Waals surface area contributed by atoms with Crippen molar-refractivity contribution in [2.45, 2.75) is 17.9 Å². The quantitative estimate of drug-likeness (QED) is 0.534. The maximum absolute atomic E-state index is 12.5. The van der Waals surface area contributed by atoms with Crippen LogP contribution in [0.4, 0.5) is 5.69 Å². The first-order valence-corrected chi connectivity index (χ1v) is 11.7. The highest BCUT2D eigenvalue weighted by molar-refractivity contribution is 7.83. The minimum atomic E-state index is -1.07. The topological polar surface area (TPSA) is 83.6 Å². The molecule has 0 spiro atoms. The van der Waals surface area contributed by atoms with Gasteiger partial charge in [-0.15, -0.1) is 0 Å². The van der Waals surface area contributed by atoms with Gasteiger partial charge in [-0.25, -0.2) is 0 Å². The number of imide groups is 1. The Labute approximate surface area is 188 Å². The van der Waals surface area contributed by atoms with E-state index < -0.39 is 10.8 Å². The molecule has 162 valence electrons. The van der Waals surface area contributed by atoms with Crippen LogP contribution in [0.1, 0.15) is 38.3 Å². The molecule has 3 aromatic rings. The number of hydrogen-bond acceptors (Lipinski definition) is 4. The number of carbonyl (C=O) groups is 3. The number of rotatable bonds is 8. The fourth-order valence-electron chi connectivity index (χ4n) is 3.61. The molecule has 7 heteroatoms. The van der Waals surface area contributed by atoms with Crippen molar-refractivity contribution in [1.29, 1.82) is 0 Å². The van der Waals surface area contributed by atoms with Crippen LogP contribution in [0.2, 0.25) is 0 Å². The van der Waals surface area contributed by atoms with Gasteiger partial charge in [-0.1, -0.05) is 54.6 Å². The minimum Gasteiger partial charge on any atom is -0.326 e. The summed E-state index contributed by atoms with van der Waals surface area (Å²) in [5.41, 5.74) is 3.20. The minimum absolute atomic E-state index is 0.00433. The zero-order valence-corrected chi connectivity index (χ0v) is 18.1. The maximum Gasteiger partial charge on any atom is 0.261 e. The van der Waals surface area contributed by atoms with Crippen LogP contribution in [0, 0.1) is 0 Å². The average Bonchev–Trinajstić information content (AvgIpc) is 3.03. The molecule has 1 N–H and O–H groups in total. The Morgan fingerprint density at radius 2 is 1.38 bits per heavy atom. The maximum atomic E-state index is 12.5. The van der Waals surface area contributed by atoms with E-state index in [9.17, 15) is 18.6 Å². The molecule has 1 atom stereocenters. The molecule has 3 amide bonds. The Hall–Kier alpha value is -3.58. The standard InChI is InChI=1S/C25H22N2O4S/c28-23(13-14-27-24(29)21-11-4-5-12-22(21)25(27)30)26-20-10-6-9-19(15-20)17-32(31)16-18-7-2-1-3-8-18/h1-12,15H,13-14,16-17H2,(H,26,28). The van der Waals surface area contributed by atoms with E-state index in [1.165, 1.54) is 0 Å². The van der Waals surface area contributed by atoms with Gasteiger partial charge in [0.15, 0.2) is 0 Å². The van der Waals surface area contributed by atoms with Gasteiger partial charge in [0.25, 0.3) is 11.8 Å². The SMILES string of the molecule is O=C(CCN1C(=O)c2ccccc2C1=O)Nc1cccc(CS(=O)Cc2ccccc2)c1. The van der Waals surface area contributed by atoms with E-state index in [-0.39, 0.29) is 30.7 Å². The van der Waals surface area contributed by atoms with Crippen LogP contribution < -0.4 is 5.32 Å². The van der Waals surface area contributed by atoms with Crippen molar-refractivity contribution in [3.05, 3.63) is 101 Å². The van der Waals surface area contributed by atoms with Crippen molar-refractivity contribution in [1.82, 2.24) is 4.90 Å². The summed E-state index contributed by atoms with van der Waals surface area (Å²) in [6, 6.07) is 23.5. The summed E-state index contributed by atoms with van der Waals surface area (Å²) in [5.74, 6) is -0.197. The van der Waals surface area contributed by atoms with Crippen LogP contribution in [0.15, 0.2) is 78.9 Å². The first-order chi connectivity index (χ1) is 15.5. The number of fused-ring (bicyclic) bond motifs is 1. The van der Waals surface area contributed by atoms with Crippen molar-refractivity contribution >= 4 is 34.2 Å². The van der Waals surface area contributed by atoms with Gasteiger partial charge in [0.1, 0.15) is 0 Å². The van der Waals surface area contributed by atoms with Gasteiger partial charge in [0.2, 0.25) is 5.91 Å². The van der Waals surface area contributed by atoms with Crippen LogP contribution in [-0.2, 0) is 27.1 Å². The monoisotopic (exact) mass is 446 g/mol. The molecule has 0 saturated carbocycles. The molecule has 1 heterocycles. The van der Waals surface area contributed by atoms with Crippen molar-refractivity contribution < 1.29 is 18.6 Å². The molecule has 1 unspecified atom stereocenters. The largest absolute Gasteiger partial charge is 0.326 e. The second-order valence-electron chi connectivity index (χ2n) is 7.52. The summed E-state index contributed by atoms with van der Waals surface area (Å²) >= 11 is 0. The average molecular weight is 447 g/mol. The van der Waals surface area contributed by atoms with Crippen LogP contribution in [-0.4, -0.2) is 33.4 Å². The van der Waals surface area contributed by atoms with Gasteiger partial charge in [0.05, 0.1) is 11.1 Å². The third kappa shape index (κ3) is 5.00. The summed E-state index contributed by atoms with van der Waals surface area (Å²) < 4.78 is 12.5. The predicted octanol–water partition coefficient (Wildman–Crippen LogP) is 3.76. The summed E-state index contributed by atoms with van der Waals surface area (Å²) in [4.78, 5) is 38.3. The Kier molecular flexibility index (Phi) is 6.56. The van der Waals surface area contributed by atoms with Gasteiger partial charge in [-0.2, -0.15) is 0 Å². The molecule has 1 aliphatic heterocycles. The Morgan fingerprint density at radius 3 is 2.06 bits per heavy atom. The molecule has 0 saturated heterocycles. The number of nitrogens with one attached hydrogen (secondary N) is 1. The Morgan fingerprint density at radius 1 is 0.781 bits per heavy atom.